The van der Waals surface area contributed by atoms with Crippen molar-refractivity contribution in [2.75, 3.05) is 20.2 Å². The van der Waals surface area contributed by atoms with Gasteiger partial charge in [-0.1, -0.05) is 28.9 Å². The highest BCUT2D eigenvalue weighted by Gasteiger charge is 2.27. The Kier molecular flexibility index (Phi) is 7.13. The molecular formula is C28H27FN2O4S. The largest absolute Gasteiger partial charge is 0.493 e. The molecule has 2 heterocycles. The third-order valence-corrected chi connectivity index (χ3v) is 7.26. The predicted octanol–water partition coefficient (Wildman–Crippen LogP) is 6.32. The van der Waals surface area contributed by atoms with Crippen LogP contribution in [0.5, 0.6) is 11.5 Å². The van der Waals surface area contributed by atoms with Gasteiger partial charge in [0.25, 0.3) is 0 Å². The Labute approximate surface area is 213 Å². The fourth-order valence-electron chi connectivity index (χ4n) is 4.49. The average Bonchev–Trinajstić information content (AvgIpc) is 3.31. The lowest BCUT2D eigenvalue weighted by molar-refractivity contribution is -0.131. The Hall–Kier alpha value is -3.52. The number of methoxy groups -OCH3 is 1. The molecule has 3 aromatic carbocycles. The summed E-state index contributed by atoms with van der Waals surface area (Å²) < 4.78 is 30.2. The lowest BCUT2D eigenvalue weighted by Crippen LogP contribution is -2.38. The highest BCUT2D eigenvalue weighted by molar-refractivity contribution is 7.95. The molecule has 0 radical (unpaired) electrons. The molecule has 0 bridgehead atoms. The van der Waals surface area contributed by atoms with Crippen molar-refractivity contribution in [2.24, 2.45) is 0 Å². The number of ether oxygens (including phenoxy) is 1. The number of likely N-dealkylation sites (tertiary alicyclic amines) is 1. The molecule has 36 heavy (non-hydrogen) atoms. The van der Waals surface area contributed by atoms with Gasteiger partial charge in [0.05, 0.1) is 31.3 Å². The number of rotatable bonds is 7. The van der Waals surface area contributed by atoms with Crippen LogP contribution < -0.4 is 8.92 Å². The van der Waals surface area contributed by atoms with E-state index in [9.17, 15) is 9.18 Å². The first-order valence-corrected chi connectivity index (χ1v) is 12.6. The number of carbonyl (C=O) groups excluding carboxylic acids is 1. The molecule has 1 aromatic heterocycles. The molecule has 0 atom stereocenters. The van der Waals surface area contributed by atoms with Crippen molar-refractivity contribution < 1.29 is 22.6 Å². The van der Waals surface area contributed by atoms with Gasteiger partial charge < -0.3 is 18.3 Å². The van der Waals surface area contributed by atoms with Gasteiger partial charge in [-0.25, -0.2) is 4.39 Å². The Bertz CT molecular complexity index is 1360. The number of aromatic nitrogens is 1. The summed E-state index contributed by atoms with van der Waals surface area (Å²) >= 11 is 1.27. The number of hydrogen-bond donors (Lipinski definition) is 0. The number of amides is 1. The first kappa shape index (κ1) is 24.2. The zero-order chi connectivity index (χ0) is 25.1. The quantitative estimate of drug-likeness (QED) is 0.273. The standard InChI is InChI=1S/C28H27FN2O4S/c1-18-3-7-22(8-4-18)36-35-24-10-5-19(15-26(24)33-2)16-27(32)31-13-11-20(12-14-31)28-23-9-6-21(29)17-25(23)34-30-28/h3-10,15,17,20H,11-14,16H2,1-2H3. The van der Waals surface area contributed by atoms with Crippen LogP contribution in [0, 0.1) is 12.7 Å². The van der Waals surface area contributed by atoms with Crippen LogP contribution in [0.15, 0.2) is 70.1 Å². The van der Waals surface area contributed by atoms with Crippen molar-refractivity contribution in [3.05, 3.63) is 83.3 Å². The van der Waals surface area contributed by atoms with E-state index in [1.807, 2.05) is 54.3 Å². The second kappa shape index (κ2) is 10.6. The topological polar surface area (TPSA) is 64.8 Å². The van der Waals surface area contributed by atoms with Crippen molar-refractivity contribution in [3.63, 3.8) is 0 Å². The number of fused-ring (bicyclic) bond motifs is 1. The van der Waals surface area contributed by atoms with Crippen LogP contribution in [0.3, 0.4) is 0 Å². The van der Waals surface area contributed by atoms with Gasteiger partial charge in [0, 0.05) is 35.4 Å². The Morgan fingerprint density at radius 3 is 2.61 bits per heavy atom. The molecule has 1 fully saturated rings. The molecule has 0 N–H and O–H groups in total. The van der Waals surface area contributed by atoms with Crippen molar-refractivity contribution in [1.29, 1.82) is 0 Å². The van der Waals surface area contributed by atoms with E-state index in [-0.39, 0.29) is 17.6 Å². The number of benzene rings is 3. The fraction of sp³-hybridized carbons (Fsp3) is 0.286. The van der Waals surface area contributed by atoms with Crippen LogP contribution in [-0.2, 0) is 11.2 Å². The van der Waals surface area contributed by atoms with Gasteiger partial charge in [0.1, 0.15) is 5.82 Å². The van der Waals surface area contributed by atoms with Crippen LogP contribution >= 0.6 is 12.0 Å². The molecule has 5 rings (SSSR count). The first-order chi connectivity index (χ1) is 17.5. The summed E-state index contributed by atoms with van der Waals surface area (Å²) in [5, 5.41) is 5.03. The number of carbonyl (C=O) groups is 1. The van der Waals surface area contributed by atoms with Crippen LogP contribution in [0.2, 0.25) is 0 Å². The lowest BCUT2D eigenvalue weighted by atomic mass is 9.91. The molecule has 186 valence electrons. The van der Waals surface area contributed by atoms with Crippen LogP contribution in [-0.4, -0.2) is 36.2 Å². The highest BCUT2D eigenvalue weighted by Crippen LogP contribution is 2.35. The second-order valence-corrected chi connectivity index (χ2v) is 9.81. The van der Waals surface area contributed by atoms with Crippen molar-refractivity contribution in [3.8, 4) is 11.5 Å². The molecule has 0 aliphatic carbocycles. The van der Waals surface area contributed by atoms with E-state index in [0.717, 1.165) is 34.4 Å². The van der Waals surface area contributed by atoms with E-state index in [1.165, 1.54) is 29.7 Å². The third-order valence-electron chi connectivity index (χ3n) is 6.53. The smallest absolute Gasteiger partial charge is 0.226 e. The maximum Gasteiger partial charge on any atom is 0.226 e. The summed E-state index contributed by atoms with van der Waals surface area (Å²) in [6.07, 6.45) is 1.87. The monoisotopic (exact) mass is 506 g/mol. The normalized spacial score (nSPS) is 14.2. The fourth-order valence-corrected chi connectivity index (χ4v) is 5.06. The maximum absolute atomic E-state index is 13.5. The van der Waals surface area contributed by atoms with Gasteiger partial charge in [-0.3, -0.25) is 4.79 Å². The predicted molar refractivity (Wildman–Crippen MR) is 137 cm³/mol. The lowest BCUT2D eigenvalue weighted by Gasteiger charge is -2.31. The Morgan fingerprint density at radius 1 is 1.08 bits per heavy atom. The molecule has 1 saturated heterocycles. The third kappa shape index (κ3) is 5.33. The molecule has 0 spiro atoms. The second-order valence-electron chi connectivity index (χ2n) is 9.01. The van der Waals surface area contributed by atoms with E-state index in [1.54, 1.807) is 13.2 Å². The van der Waals surface area contributed by atoms with E-state index in [0.29, 0.717) is 36.6 Å². The first-order valence-electron chi connectivity index (χ1n) is 11.9. The van der Waals surface area contributed by atoms with E-state index < -0.39 is 0 Å². The van der Waals surface area contributed by atoms with Gasteiger partial charge in [-0.2, -0.15) is 0 Å². The van der Waals surface area contributed by atoms with Gasteiger partial charge in [0.15, 0.2) is 17.1 Å². The maximum atomic E-state index is 13.5. The summed E-state index contributed by atoms with van der Waals surface area (Å²) in [6.45, 7) is 3.33. The summed E-state index contributed by atoms with van der Waals surface area (Å²) in [7, 11) is 1.59. The van der Waals surface area contributed by atoms with Crippen LogP contribution in [0.25, 0.3) is 11.0 Å². The summed E-state index contributed by atoms with van der Waals surface area (Å²) in [5.74, 6) is 1.12. The van der Waals surface area contributed by atoms with Gasteiger partial charge in [0.2, 0.25) is 5.91 Å². The zero-order valence-corrected chi connectivity index (χ0v) is 21.0. The van der Waals surface area contributed by atoms with Crippen LogP contribution in [0.4, 0.5) is 4.39 Å². The molecule has 6 nitrogen and oxygen atoms in total. The number of halogens is 1. The number of hydrogen-bond acceptors (Lipinski definition) is 6. The van der Waals surface area contributed by atoms with Crippen molar-refractivity contribution in [2.45, 2.75) is 37.0 Å². The average molecular weight is 507 g/mol. The molecule has 1 amide bonds. The Balaban J connectivity index is 1.18. The molecule has 0 unspecified atom stereocenters. The number of aryl methyl sites for hydroxylation is 1. The molecular weight excluding hydrogens is 479 g/mol. The minimum Gasteiger partial charge on any atom is -0.493 e. The zero-order valence-electron chi connectivity index (χ0n) is 20.2. The summed E-state index contributed by atoms with van der Waals surface area (Å²) in [5.41, 5.74) is 3.37. The van der Waals surface area contributed by atoms with Crippen molar-refractivity contribution in [1.82, 2.24) is 10.1 Å². The van der Waals surface area contributed by atoms with E-state index in [4.69, 9.17) is 13.4 Å². The SMILES string of the molecule is COc1cc(CC(=O)N2CCC(c3noc4cc(F)ccc34)CC2)ccc1OSc1ccc(C)cc1. The number of nitrogens with zero attached hydrogens (tertiary/aromatic N) is 2. The van der Waals surface area contributed by atoms with Gasteiger partial charge in [-0.15, -0.1) is 0 Å². The summed E-state index contributed by atoms with van der Waals surface area (Å²) in [6, 6.07) is 18.2. The molecule has 4 aromatic rings. The van der Waals surface area contributed by atoms with E-state index >= 15 is 0 Å². The van der Waals surface area contributed by atoms with Crippen LogP contribution in [0.1, 0.15) is 35.6 Å². The molecule has 1 aliphatic rings. The van der Waals surface area contributed by atoms with E-state index in [2.05, 4.69) is 5.16 Å². The molecule has 1 aliphatic heterocycles. The number of piperidine rings is 1. The van der Waals surface area contributed by atoms with Crippen molar-refractivity contribution >= 4 is 28.9 Å². The Morgan fingerprint density at radius 2 is 1.86 bits per heavy atom. The molecule has 0 saturated carbocycles. The highest BCUT2D eigenvalue weighted by atomic mass is 32.2. The van der Waals surface area contributed by atoms with Gasteiger partial charge in [-0.05, 0) is 61.7 Å². The van der Waals surface area contributed by atoms with Gasteiger partial charge >= 0.3 is 0 Å². The minimum atomic E-state index is -0.341. The minimum absolute atomic E-state index is 0.0743. The summed E-state index contributed by atoms with van der Waals surface area (Å²) in [4.78, 5) is 15.9. The molecule has 8 heteroatoms.